The molecule has 1 aromatic carbocycles. The average molecular weight is 223 g/mol. The molecular weight excluding hydrogens is 212 g/mol. The van der Waals surface area contributed by atoms with E-state index in [4.69, 9.17) is 16.4 Å². The van der Waals surface area contributed by atoms with Crippen LogP contribution in [0, 0.1) is 6.92 Å². The highest BCUT2D eigenvalue weighted by Gasteiger charge is 1.98. The Hall–Kier alpha value is -1.48. The van der Waals surface area contributed by atoms with Crippen LogP contribution in [0.1, 0.15) is 11.1 Å². The van der Waals surface area contributed by atoms with Gasteiger partial charge < -0.3 is 4.84 Å². The summed E-state index contributed by atoms with van der Waals surface area (Å²) >= 11 is 6.00. The van der Waals surface area contributed by atoms with Crippen LogP contribution in [0.2, 0.25) is 5.02 Å². The minimum Gasteiger partial charge on any atom is -0.408 e. The van der Waals surface area contributed by atoms with Gasteiger partial charge in [-0.05, 0) is 24.1 Å². The normalized spacial score (nSPS) is 10.3. The molecule has 0 spiro atoms. The maximum atomic E-state index is 6.00. The first kappa shape index (κ1) is 10.1. The number of aromatic nitrogens is 2. The highest BCUT2D eigenvalue weighted by molar-refractivity contribution is 6.31. The van der Waals surface area contributed by atoms with Gasteiger partial charge in [0.1, 0.15) is 12.9 Å². The van der Waals surface area contributed by atoms with Crippen LogP contribution < -0.4 is 4.84 Å². The summed E-state index contributed by atoms with van der Waals surface area (Å²) in [4.78, 5) is 9.30. The lowest BCUT2D eigenvalue weighted by atomic mass is 10.2. The molecule has 0 aliphatic carbocycles. The van der Waals surface area contributed by atoms with Gasteiger partial charge in [-0.25, -0.2) is 4.98 Å². The molecule has 78 valence electrons. The van der Waals surface area contributed by atoms with Crippen LogP contribution in [0.5, 0.6) is 0 Å². The van der Waals surface area contributed by atoms with Gasteiger partial charge in [-0.15, -0.1) is 0 Å². The standard InChI is InChI=1S/C11H11ClN2O/c1-9-2-3-10(6-11(9)12)7-15-14-5-4-13-8-14/h2-6,8H,7H2,1H3. The van der Waals surface area contributed by atoms with Gasteiger partial charge >= 0.3 is 0 Å². The SMILES string of the molecule is Cc1ccc(COn2ccnc2)cc1Cl. The summed E-state index contributed by atoms with van der Waals surface area (Å²) in [6, 6.07) is 5.89. The molecule has 15 heavy (non-hydrogen) atoms. The molecule has 0 aliphatic heterocycles. The van der Waals surface area contributed by atoms with E-state index in [2.05, 4.69) is 4.98 Å². The van der Waals surface area contributed by atoms with E-state index in [0.717, 1.165) is 16.1 Å². The molecular formula is C11H11ClN2O. The third-order valence-corrected chi connectivity index (χ3v) is 2.50. The fourth-order valence-corrected chi connectivity index (χ4v) is 1.40. The molecule has 4 heteroatoms. The average Bonchev–Trinajstić information content (AvgIpc) is 2.73. The molecule has 0 N–H and O–H groups in total. The number of benzene rings is 1. The third kappa shape index (κ3) is 2.50. The predicted molar refractivity (Wildman–Crippen MR) is 58.7 cm³/mol. The van der Waals surface area contributed by atoms with Crippen LogP contribution in [-0.4, -0.2) is 9.71 Å². The van der Waals surface area contributed by atoms with Crippen molar-refractivity contribution >= 4 is 11.6 Å². The number of halogens is 1. The summed E-state index contributed by atoms with van der Waals surface area (Å²) in [5.74, 6) is 0. The second-order valence-electron chi connectivity index (χ2n) is 3.28. The van der Waals surface area contributed by atoms with E-state index in [9.17, 15) is 0 Å². The van der Waals surface area contributed by atoms with Gasteiger partial charge in [0, 0.05) is 11.2 Å². The van der Waals surface area contributed by atoms with Crippen molar-refractivity contribution in [2.24, 2.45) is 0 Å². The van der Waals surface area contributed by atoms with E-state index >= 15 is 0 Å². The summed E-state index contributed by atoms with van der Waals surface area (Å²) < 4.78 is 1.56. The molecule has 2 aromatic rings. The van der Waals surface area contributed by atoms with Gasteiger partial charge in [-0.1, -0.05) is 23.7 Å². The summed E-state index contributed by atoms with van der Waals surface area (Å²) in [6.07, 6.45) is 5.02. The fraction of sp³-hybridized carbons (Fsp3) is 0.182. The summed E-state index contributed by atoms with van der Waals surface area (Å²) in [5, 5.41) is 0.765. The summed E-state index contributed by atoms with van der Waals surface area (Å²) in [7, 11) is 0. The third-order valence-electron chi connectivity index (χ3n) is 2.10. The lowest BCUT2D eigenvalue weighted by Crippen LogP contribution is -2.08. The van der Waals surface area contributed by atoms with Crippen molar-refractivity contribution in [1.82, 2.24) is 9.71 Å². The molecule has 0 radical (unpaired) electrons. The highest BCUT2D eigenvalue weighted by atomic mass is 35.5. The maximum absolute atomic E-state index is 6.00. The second-order valence-corrected chi connectivity index (χ2v) is 3.69. The molecule has 3 nitrogen and oxygen atoms in total. The Balaban J connectivity index is 2.02. The van der Waals surface area contributed by atoms with Gasteiger partial charge in [-0.3, -0.25) is 0 Å². The molecule has 1 heterocycles. The van der Waals surface area contributed by atoms with E-state index in [1.807, 2.05) is 25.1 Å². The van der Waals surface area contributed by atoms with Crippen molar-refractivity contribution in [2.75, 3.05) is 0 Å². The van der Waals surface area contributed by atoms with Crippen LogP contribution >= 0.6 is 11.6 Å². The maximum Gasteiger partial charge on any atom is 0.140 e. The number of nitrogens with zero attached hydrogens (tertiary/aromatic N) is 2. The first-order valence-electron chi connectivity index (χ1n) is 4.62. The Morgan fingerprint density at radius 1 is 1.47 bits per heavy atom. The number of imidazole rings is 1. The number of rotatable bonds is 3. The number of hydrogen-bond acceptors (Lipinski definition) is 2. The van der Waals surface area contributed by atoms with Crippen LogP contribution in [0.4, 0.5) is 0 Å². The van der Waals surface area contributed by atoms with Crippen molar-refractivity contribution in [3.8, 4) is 0 Å². The van der Waals surface area contributed by atoms with Gasteiger partial charge in [0.2, 0.25) is 0 Å². The number of hydrogen-bond donors (Lipinski definition) is 0. The van der Waals surface area contributed by atoms with Crippen LogP contribution in [0.15, 0.2) is 36.9 Å². The smallest absolute Gasteiger partial charge is 0.140 e. The fourth-order valence-electron chi connectivity index (χ4n) is 1.20. The molecule has 0 fully saturated rings. The van der Waals surface area contributed by atoms with E-state index in [-0.39, 0.29) is 0 Å². The molecule has 0 atom stereocenters. The molecule has 0 saturated heterocycles. The zero-order valence-corrected chi connectivity index (χ0v) is 9.11. The van der Waals surface area contributed by atoms with Crippen LogP contribution in [-0.2, 0) is 6.61 Å². The molecule has 1 aromatic heterocycles. The van der Waals surface area contributed by atoms with Crippen molar-refractivity contribution in [1.29, 1.82) is 0 Å². The Morgan fingerprint density at radius 2 is 2.33 bits per heavy atom. The topological polar surface area (TPSA) is 27.1 Å². The van der Waals surface area contributed by atoms with Crippen molar-refractivity contribution < 1.29 is 4.84 Å². The lowest BCUT2D eigenvalue weighted by Gasteiger charge is -2.06. The van der Waals surface area contributed by atoms with E-state index < -0.39 is 0 Å². The zero-order valence-electron chi connectivity index (χ0n) is 8.35. The first-order chi connectivity index (χ1) is 7.25. The Kier molecular flexibility index (Phi) is 2.92. The number of aryl methyl sites for hydroxylation is 1. The molecule has 0 amide bonds. The van der Waals surface area contributed by atoms with E-state index in [0.29, 0.717) is 6.61 Å². The minimum absolute atomic E-state index is 0.482. The zero-order chi connectivity index (χ0) is 10.7. The minimum atomic E-state index is 0.482. The van der Waals surface area contributed by atoms with Crippen LogP contribution in [0.3, 0.4) is 0 Å². The van der Waals surface area contributed by atoms with E-state index in [1.54, 1.807) is 23.5 Å². The monoisotopic (exact) mass is 222 g/mol. The molecule has 0 aliphatic rings. The summed E-state index contributed by atoms with van der Waals surface area (Å²) in [5.41, 5.74) is 2.11. The largest absolute Gasteiger partial charge is 0.408 e. The van der Waals surface area contributed by atoms with Crippen LogP contribution in [0.25, 0.3) is 0 Å². The second kappa shape index (κ2) is 4.36. The van der Waals surface area contributed by atoms with Crippen molar-refractivity contribution in [2.45, 2.75) is 13.5 Å². The van der Waals surface area contributed by atoms with Crippen molar-refractivity contribution in [3.05, 3.63) is 53.1 Å². The Labute approximate surface area is 93.2 Å². The highest BCUT2D eigenvalue weighted by Crippen LogP contribution is 2.16. The Morgan fingerprint density at radius 3 is 3.00 bits per heavy atom. The molecule has 0 unspecified atom stereocenters. The van der Waals surface area contributed by atoms with E-state index in [1.165, 1.54) is 0 Å². The molecule has 0 saturated carbocycles. The quantitative estimate of drug-likeness (QED) is 0.798. The lowest BCUT2D eigenvalue weighted by molar-refractivity contribution is 0.0969. The van der Waals surface area contributed by atoms with Gasteiger partial charge in [0.05, 0.1) is 6.20 Å². The molecule has 0 bridgehead atoms. The first-order valence-corrected chi connectivity index (χ1v) is 5.00. The van der Waals surface area contributed by atoms with Gasteiger partial charge in [0.15, 0.2) is 0 Å². The predicted octanol–water partition coefficient (Wildman–Crippen LogP) is 2.47. The molecule has 2 rings (SSSR count). The van der Waals surface area contributed by atoms with Gasteiger partial charge in [0.25, 0.3) is 0 Å². The van der Waals surface area contributed by atoms with Gasteiger partial charge in [-0.2, -0.15) is 4.73 Å². The Bertz CT molecular complexity index is 440. The van der Waals surface area contributed by atoms with Crippen molar-refractivity contribution in [3.63, 3.8) is 0 Å². The summed E-state index contributed by atoms with van der Waals surface area (Å²) in [6.45, 7) is 2.46.